The molecule has 3 unspecified atom stereocenters. The second-order valence-electron chi connectivity index (χ2n) is 6.40. The smallest absolute Gasteiger partial charge is 0.315 e. The monoisotopic (exact) mass is 303 g/mol. The Bertz CT molecular complexity index is 490. The van der Waals surface area contributed by atoms with Gasteiger partial charge in [0.25, 0.3) is 0 Å². The van der Waals surface area contributed by atoms with E-state index in [4.69, 9.17) is 4.74 Å². The second-order valence-corrected chi connectivity index (χ2v) is 6.40. The summed E-state index contributed by atoms with van der Waals surface area (Å²) in [4.78, 5) is 14.6. The lowest BCUT2D eigenvalue weighted by molar-refractivity contribution is -0.147. The van der Waals surface area contributed by atoms with E-state index in [2.05, 4.69) is 4.90 Å². The maximum absolute atomic E-state index is 12.2. The Hall–Kier alpha value is -1.39. The predicted octanol–water partition coefficient (Wildman–Crippen LogP) is 2.18. The van der Waals surface area contributed by atoms with Crippen LogP contribution in [0.1, 0.15) is 37.2 Å². The lowest BCUT2D eigenvalue weighted by Gasteiger charge is -2.23. The number of carbonyl (C=O) groups is 1. The molecule has 1 aliphatic carbocycles. The first kappa shape index (κ1) is 15.5. The summed E-state index contributed by atoms with van der Waals surface area (Å²) in [6, 6.07) is 10.1. The van der Waals surface area contributed by atoms with Crippen LogP contribution in [0.5, 0.6) is 0 Å². The molecule has 1 heterocycles. The van der Waals surface area contributed by atoms with Gasteiger partial charge in [0.1, 0.15) is 12.5 Å². The molecule has 1 saturated carbocycles. The van der Waals surface area contributed by atoms with E-state index >= 15 is 0 Å². The number of ether oxygens (including phenoxy) is 1. The highest BCUT2D eigenvalue weighted by molar-refractivity contribution is 5.78. The van der Waals surface area contributed by atoms with Crippen molar-refractivity contribution < 1.29 is 14.6 Å². The first-order valence-electron chi connectivity index (χ1n) is 8.36. The molecule has 0 amide bonds. The van der Waals surface area contributed by atoms with Gasteiger partial charge in [-0.25, -0.2) is 0 Å². The Kier molecular flexibility index (Phi) is 5.11. The summed E-state index contributed by atoms with van der Waals surface area (Å²) in [6.45, 7) is 2.16. The molecule has 0 radical (unpaired) electrons. The second kappa shape index (κ2) is 7.25. The van der Waals surface area contributed by atoms with Gasteiger partial charge in [-0.1, -0.05) is 36.8 Å². The third-order valence-electron chi connectivity index (χ3n) is 5.17. The van der Waals surface area contributed by atoms with Crippen molar-refractivity contribution in [3.8, 4) is 0 Å². The van der Waals surface area contributed by atoms with Crippen molar-refractivity contribution in [3.05, 3.63) is 35.9 Å². The van der Waals surface area contributed by atoms with Gasteiger partial charge in [-0.05, 0) is 37.3 Å². The van der Waals surface area contributed by atoms with E-state index in [0.717, 1.165) is 24.6 Å². The van der Waals surface area contributed by atoms with E-state index in [1.54, 1.807) is 0 Å². The molecule has 0 spiro atoms. The number of aliphatic hydroxyl groups excluding tert-OH is 1. The number of rotatable bonds is 6. The molecule has 4 nitrogen and oxygen atoms in total. The Morgan fingerprint density at radius 1 is 1.27 bits per heavy atom. The minimum atomic E-state index is -0.570. The van der Waals surface area contributed by atoms with Gasteiger partial charge in [0, 0.05) is 12.6 Å². The van der Waals surface area contributed by atoms with Crippen LogP contribution in [0.2, 0.25) is 0 Å². The fourth-order valence-electron chi connectivity index (χ4n) is 3.98. The lowest BCUT2D eigenvalue weighted by atomic mass is 10.0. The van der Waals surface area contributed by atoms with E-state index < -0.39 is 5.92 Å². The maximum atomic E-state index is 12.2. The topological polar surface area (TPSA) is 49.8 Å². The van der Waals surface area contributed by atoms with Gasteiger partial charge in [0.05, 0.1) is 6.61 Å². The van der Waals surface area contributed by atoms with E-state index in [9.17, 15) is 9.90 Å². The van der Waals surface area contributed by atoms with Gasteiger partial charge in [0.2, 0.25) is 0 Å². The number of aliphatic hydroxyl groups is 1. The minimum Gasteiger partial charge on any atom is -0.464 e. The van der Waals surface area contributed by atoms with Crippen molar-refractivity contribution in [2.24, 2.45) is 5.92 Å². The number of carbonyl (C=O) groups excluding carboxylic acids is 1. The Morgan fingerprint density at radius 2 is 2.09 bits per heavy atom. The average Bonchev–Trinajstić information content (AvgIpc) is 3.14. The maximum Gasteiger partial charge on any atom is 0.315 e. The molecule has 3 atom stereocenters. The number of hydrogen-bond acceptors (Lipinski definition) is 4. The van der Waals surface area contributed by atoms with Gasteiger partial charge in [-0.15, -0.1) is 0 Å². The number of benzene rings is 1. The molecular formula is C18H25NO3. The van der Waals surface area contributed by atoms with Crippen LogP contribution in [-0.4, -0.2) is 48.3 Å². The Morgan fingerprint density at radius 3 is 2.86 bits per heavy atom. The number of likely N-dealkylation sites (tertiary alicyclic amines) is 1. The molecule has 3 rings (SSSR count). The molecule has 1 N–H and O–H groups in total. The Balaban J connectivity index is 1.47. The summed E-state index contributed by atoms with van der Waals surface area (Å²) < 4.78 is 5.42. The third kappa shape index (κ3) is 3.33. The average molecular weight is 303 g/mol. The fraction of sp³-hybridized carbons (Fsp3) is 0.611. The van der Waals surface area contributed by atoms with Crippen molar-refractivity contribution in [1.29, 1.82) is 0 Å². The molecule has 22 heavy (non-hydrogen) atoms. The summed E-state index contributed by atoms with van der Waals surface area (Å²) >= 11 is 0. The highest BCUT2D eigenvalue weighted by atomic mass is 16.5. The van der Waals surface area contributed by atoms with Crippen LogP contribution in [0.4, 0.5) is 0 Å². The molecule has 2 aliphatic rings. The SMILES string of the molecule is O=C(OCCN1CCC2CCCC21)C(CO)c1ccccc1. The quantitative estimate of drug-likeness (QED) is 0.818. The molecule has 4 heteroatoms. The van der Waals surface area contributed by atoms with E-state index in [0.29, 0.717) is 12.6 Å². The zero-order valence-corrected chi connectivity index (χ0v) is 13.0. The minimum absolute atomic E-state index is 0.211. The molecule has 1 aliphatic heterocycles. The van der Waals surface area contributed by atoms with Crippen LogP contribution >= 0.6 is 0 Å². The van der Waals surface area contributed by atoms with E-state index in [1.807, 2.05) is 30.3 Å². The molecule has 0 aromatic heterocycles. The van der Waals surface area contributed by atoms with Crippen molar-refractivity contribution in [2.75, 3.05) is 26.3 Å². The van der Waals surface area contributed by atoms with Crippen LogP contribution in [-0.2, 0) is 9.53 Å². The molecule has 0 bridgehead atoms. The van der Waals surface area contributed by atoms with Crippen LogP contribution in [0.25, 0.3) is 0 Å². The molecule has 1 aromatic rings. The summed E-state index contributed by atoms with van der Waals surface area (Å²) in [5.41, 5.74) is 0.812. The van der Waals surface area contributed by atoms with Crippen LogP contribution in [0, 0.1) is 5.92 Å². The van der Waals surface area contributed by atoms with Crippen molar-refractivity contribution >= 4 is 5.97 Å². The first-order chi connectivity index (χ1) is 10.8. The lowest BCUT2D eigenvalue weighted by Crippen LogP contribution is -2.34. The number of fused-ring (bicyclic) bond motifs is 1. The molecular weight excluding hydrogens is 278 g/mol. The molecule has 1 aromatic carbocycles. The van der Waals surface area contributed by atoms with Gasteiger partial charge < -0.3 is 9.84 Å². The van der Waals surface area contributed by atoms with Gasteiger partial charge >= 0.3 is 5.97 Å². The zero-order chi connectivity index (χ0) is 15.4. The van der Waals surface area contributed by atoms with Crippen molar-refractivity contribution in [3.63, 3.8) is 0 Å². The van der Waals surface area contributed by atoms with Crippen LogP contribution in [0.3, 0.4) is 0 Å². The number of nitrogens with zero attached hydrogens (tertiary/aromatic N) is 1. The van der Waals surface area contributed by atoms with Gasteiger partial charge in [-0.3, -0.25) is 9.69 Å². The Labute approximate surface area is 132 Å². The van der Waals surface area contributed by atoms with E-state index in [1.165, 1.54) is 25.7 Å². The molecule has 1 saturated heterocycles. The molecule has 120 valence electrons. The van der Waals surface area contributed by atoms with Gasteiger partial charge in [0.15, 0.2) is 0 Å². The zero-order valence-electron chi connectivity index (χ0n) is 13.0. The van der Waals surface area contributed by atoms with Gasteiger partial charge in [-0.2, -0.15) is 0 Å². The van der Waals surface area contributed by atoms with Crippen LogP contribution in [0.15, 0.2) is 30.3 Å². The summed E-state index contributed by atoms with van der Waals surface area (Å²) in [5.74, 6) is -0.0277. The summed E-state index contributed by atoms with van der Waals surface area (Å²) in [7, 11) is 0. The van der Waals surface area contributed by atoms with Crippen LogP contribution < -0.4 is 0 Å². The standard InChI is InChI=1S/C18H25NO3/c20-13-16(14-5-2-1-3-6-14)18(21)22-12-11-19-10-9-15-7-4-8-17(15)19/h1-3,5-6,15-17,20H,4,7-13H2. The van der Waals surface area contributed by atoms with Crippen molar-refractivity contribution in [1.82, 2.24) is 4.90 Å². The van der Waals surface area contributed by atoms with Crippen molar-refractivity contribution in [2.45, 2.75) is 37.6 Å². The predicted molar refractivity (Wildman–Crippen MR) is 84.5 cm³/mol. The highest BCUT2D eigenvalue weighted by Gasteiger charge is 2.37. The number of esters is 1. The fourth-order valence-corrected chi connectivity index (χ4v) is 3.98. The number of hydrogen-bond donors (Lipinski definition) is 1. The summed E-state index contributed by atoms with van der Waals surface area (Å²) in [5, 5.41) is 9.47. The summed E-state index contributed by atoms with van der Waals surface area (Å²) in [6.07, 6.45) is 5.29. The highest BCUT2D eigenvalue weighted by Crippen LogP contribution is 2.37. The molecule has 2 fully saturated rings. The normalized spacial score (nSPS) is 25.9. The first-order valence-corrected chi connectivity index (χ1v) is 8.36. The largest absolute Gasteiger partial charge is 0.464 e. The third-order valence-corrected chi connectivity index (χ3v) is 5.17. The van der Waals surface area contributed by atoms with E-state index in [-0.39, 0.29) is 12.6 Å².